The van der Waals surface area contributed by atoms with Crippen LogP contribution in [0, 0.1) is 0 Å². The molecule has 2 heterocycles. The van der Waals surface area contributed by atoms with Crippen LogP contribution in [0.4, 0.5) is 5.95 Å². The fraction of sp³-hybridized carbons (Fsp3) is 0.429. The highest BCUT2D eigenvalue weighted by atomic mass is 16.5. The van der Waals surface area contributed by atoms with Crippen LogP contribution in [-0.2, 0) is 14.3 Å². The molecule has 2 amide bonds. The third-order valence-corrected chi connectivity index (χ3v) is 4.90. The second-order valence-corrected chi connectivity index (χ2v) is 7.26. The molecule has 1 fully saturated rings. The van der Waals surface area contributed by atoms with Crippen LogP contribution < -0.4 is 15.4 Å². The maximum atomic E-state index is 12.5. The topological polar surface area (TPSA) is 111 Å². The van der Waals surface area contributed by atoms with Crippen molar-refractivity contribution in [2.75, 3.05) is 45.8 Å². The van der Waals surface area contributed by atoms with Crippen molar-refractivity contribution in [3.63, 3.8) is 0 Å². The Balaban J connectivity index is 1.93. The Bertz CT molecular complexity index is 918. The van der Waals surface area contributed by atoms with Gasteiger partial charge in [-0.05, 0) is 17.7 Å². The predicted octanol–water partition coefficient (Wildman–Crippen LogP) is 1.38. The van der Waals surface area contributed by atoms with Crippen LogP contribution in [0.25, 0.3) is 11.1 Å². The molecule has 1 aliphatic heterocycles. The number of anilines is 1. The first-order valence-electron chi connectivity index (χ1n) is 9.75. The lowest BCUT2D eigenvalue weighted by molar-refractivity contribution is -0.140. The molecule has 1 aromatic heterocycles. The van der Waals surface area contributed by atoms with Gasteiger partial charge in [0.05, 0.1) is 26.0 Å². The molecule has 9 nitrogen and oxygen atoms in total. The summed E-state index contributed by atoms with van der Waals surface area (Å²) >= 11 is 0. The van der Waals surface area contributed by atoms with Gasteiger partial charge in [0.1, 0.15) is 11.9 Å². The maximum absolute atomic E-state index is 12.5. The summed E-state index contributed by atoms with van der Waals surface area (Å²) in [7, 11) is 5.35. The van der Waals surface area contributed by atoms with E-state index in [1.165, 1.54) is 0 Å². The number of benzene rings is 1. The van der Waals surface area contributed by atoms with Crippen LogP contribution in [0.2, 0.25) is 0 Å². The van der Waals surface area contributed by atoms with E-state index in [2.05, 4.69) is 4.98 Å². The van der Waals surface area contributed by atoms with Crippen molar-refractivity contribution in [2.24, 2.45) is 5.73 Å². The van der Waals surface area contributed by atoms with Gasteiger partial charge in [-0.25, -0.2) is 9.97 Å². The number of nitrogens with zero attached hydrogens (tertiary/aromatic N) is 4. The molecule has 1 saturated heterocycles. The van der Waals surface area contributed by atoms with Gasteiger partial charge in [0.25, 0.3) is 0 Å². The van der Waals surface area contributed by atoms with Crippen molar-refractivity contribution in [1.29, 1.82) is 0 Å². The van der Waals surface area contributed by atoms with Gasteiger partial charge in [0.15, 0.2) is 0 Å². The number of ether oxygens (including phenoxy) is 2. The number of amides is 2. The highest BCUT2D eigenvalue weighted by Crippen LogP contribution is 2.33. The lowest BCUT2D eigenvalue weighted by Crippen LogP contribution is -2.42. The SMILES string of the molecule is COc1cccc(-c2cnc(N(C)C)nc2[C@@H]2CN(C(=O)CCC(N)=O)CCO2)c1. The van der Waals surface area contributed by atoms with Crippen LogP contribution in [0.1, 0.15) is 24.6 Å². The molecule has 1 aromatic carbocycles. The Morgan fingerprint density at radius 3 is 2.83 bits per heavy atom. The highest BCUT2D eigenvalue weighted by Gasteiger charge is 2.29. The summed E-state index contributed by atoms with van der Waals surface area (Å²) in [5.74, 6) is 0.673. The molecule has 2 N–H and O–H groups in total. The van der Waals surface area contributed by atoms with E-state index in [0.29, 0.717) is 31.3 Å². The fourth-order valence-electron chi connectivity index (χ4n) is 3.29. The van der Waals surface area contributed by atoms with Gasteiger partial charge in [-0.2, -0.15) is 0 Å². The minimum Gasteiger partial charge on any atom is -0.497 e. The van der Waals surface area contributed by atoms with Crippen molar-refractivity contribution >= 4 is 17.8 Å². The Hall–Kier alpha value is -3.20. The number of carbonyl (C=O) groups excluding carboxylic acids is 2. The van der Waals surface area contributed by atoms with E-state index in [1.54, 1.807) is 18.2 Å². The standard InChI is InChI=1S/C21H27N5O4/c1-25(2)21-23-12-16(14-5-4-6-15(11-14)29-3)20(24-21)17-13-26(9-10-30-17)19(28)8-7-18(22)27/h4-6,11-12,17H,7-10,13H2,1-3H3,(H2,22,27)/t17-/m0/s1. The van der Waals surface area contributed by atoms with E-state index in [4.69, 9.17) is 20.2 Å². The first-order chi connectivity index (χ1) is 14.4. The number of carbonyl (C=O) groups is 2. The van der Waals surface area contributed by atoms with Crippen molar-refractivity contribution < 1.29 is 19.1 Å². The normalized spacial score (nSPS) is 16.2. The van der Waals surface area contributed by atoms with Gasteiger partial charge < -0.3 is 25.0 Å². The molecule has 30 heavy (non-hydrogen) atoms. The molecule has 2 aromatic rings. The average Bonchev–Trinajstić information content (AvgIpc) is 2.77. The fourth-order valence-corrected chi connectivity index (χ4v) is 3.29. The van der Waals surface area contributed by atoms with Gasteiger partial charge in [0.2, 0.25) is 17.8 Å². The second kappa shape index (κ2) is 9.53. The van der Waals surface area contributed by atoms with Crippen molar-refractivity contribution in [1.82, 2.24) is 14.9 Å². The minimum absolute atomic E-state index is 0.0359. The van der Waals surface area contributed by atoms with Crippen LogP contribution in [-0.4, -0.2) is 67.6 Å². The summed E-state index contributed by atoms with van der Waals surface area (Å²) < 4.78 is 11.3. The monoisotopic (exact) mass is 413 g/mol. The van der Waals surface area contributed by atoms with E-state index in [-0.39, 0.29) is 18.7 Å². The number of primary amides is 1. The zero-order valence-corrected chi connectivity index (χ0v) is 17.5. The first-order valence-corrected chi connectivity index (χ1v) is 9.75. The summed E-state index contributed by atoms with van der Waals surface area (Å²) in [6, 6.07) is 7.64. The molecule has 0 unspecified atom stereocenters. The number of rotatable bonds is 7. The summed E-state index contributed by atoms with van der Waals surface area (Å²) in [6.45, 7) is 1.19. The molecule has 0 spiro atoms. The van der Waals surface area contributed by atoms with E-state index in [9.17, 15) is 9.59 Å². The maximum Gasteiger partial charge on any atom is 0.225 e. The van der Waals surface area contributed by atoms with E-state index < -0.39 is 12.0 Å². The highest BCUT2D eigenvalue weighted by molar-refractivity contribution is 5.83. The molecule has 9 heteroatoms. The lowest BCUT2D eigenvalue weighted by atomic mass is 10.0. The van der Waals surface area contributed by atoms with Crippen LogP contribution >= 0.6 is 0 Å². The molecule has 0 radical (unpaired) electrons. The third kappa shape index (κ3) is 5.04. The van der Waals surface area contributed by atoms with Crippen LogP contribution in [0.5, 0.6) is 5.75 Å². The lowest BCUT2D eigenvalue weighted by Gasteiger charge is -2.33. The summed E-state index contributed by atoms with van der Waals surface area (Å²) in [6.07, 6.45) is 1.48. The zero-order chi connectivity index (χ0) is 21.7. The Morgan fingerprint density at radius 2 is 2.13 bits per heavy atom. The van der Waals surface area contributed by atoms with Gasteiger partial charge in [-0.15, -0.1) is 0 Å². The van der Waals surface area contributed by atoms with Gasteiger partial charge in [-0.1, -0.05) is 12.1 Å². The number of aromatic nitrogens is 2. The number of nitrogens with two attached hydrogens (primary N) is 1. The molecule has 0 saturated carbocycles. The predicted molar refractivity (Wildman–Crippen MR) is 112 cm³/mol. The number of methoxy groups -OCH3 is 1. The zero-order valence-electron chi connectivity index (χ0n) is 17.5. The van der Waals surface area contributed by atoms with Gasteiger partial charge in [-0.3, -0.25) is 9.59 Å². The largest absolute Gasteiger partial charge is 0.497 e. The molecule has 160 valence electrons. The van der Waals surface area contributed by atoms with Crippen molar-refractivity contribution in [3.05, 3.63) is 36.2 Å². The van der Waals surface area contributed by atoms with Gasteiger partial charge in [0, 0.05) is 45.2 Å². The summed E-state index contributed by atoms with van der Waals surface area (Å²) in [5.41, 5.74) is 7.59. The number of hydrogen-bond acceptors (Lipinski definition) is 7. The van der Waals surface area contributed by atoms with Crippen LogP contribution in [0.3, 0.4) is 0 Å². The second-order valence-electron chi connectivity index (χ2n) is 7.26. The molecular formula is C21H27N5O4. The molecule has 1 atom stereocenters. The first kappa shape index (κ1) is 21.5. The molecule has 0 aliphatic carbocycles. The Morgan fingerprint density at radius 1 is 1.33 bits per heavy atom. The van der Waals surface area contributed by atoms with E-state index in [1.807, 2.05) is 43.3 Å². The van der Waals surface area contributed by atoms with Crippen LogP contribution in [0.15, 0.2) is 30.5 Å². The quantitative estimate of drug-likeness (QED) is 0.730. The van der Waals surface area contributed by atoms with E-state index >= 15 is 0 Å². The Kier molecular flexibility index (Phi) is 6.83. The summed E-state index contributed by atoms with van der Waals surface area (Å²) in [5, 5.41) is 0. The van der Waals surface area contributed by atoms with Crippen molar-refractivity contribution in [3.8, 4) is 16.9 Å². The van der Waals surface area contributed by atoms with E-state index in [0.717, 1.165) is 16.9 Å². The third-order valence-electron chi connectivity index (χ3n) is 4.90. The summed E-state index contributed by atoms with van der Waals surface area (Å²) in [4.78, 5) is 36.2. The number of hydrogen-bond donors (Lipinski definition) is 1. The smallest absolute Gasteiger partial charge is 0.225 e. The number of morpholine rings is 1. The molecular weight excluding hydrogens is 386 g/mol. The van der Waals surface area contributed by atoms with Gasteiger partial charge >= 0.3 is 0 Å². The minimum atomic E-state index is -0.486. The van der Waals surface area contributed by atoms with Crippen molar-refractivity contribution in [2.45, 2.75) is 18.9 Å². The molecule has 1 aliphatic rings. The average molecular weight is 413 g/mol. The Labute approximate surface area is 175 Å². The molecule has 0 bridgehead atoms. The molecule has 3 rings (SSSR count).